The maximum atomic E-state index is 13.3. The van der Waals surface area contributed by atoms with Crippen LogP contribution in [0.1, 0.15) is 19.8 Å². The van der Waals surface area contributed by atoms with Crippen molar-refractivity contribution in [2.75, 3.05) is 11.9 Å². The summed E-state index contributed by atoms with van der Waals surface area (Å²) in [7, 11) is 0. The Morgan fingerprint density at radius 1 is 1.53 bits per heavy atom. The Labute approximate surface area is 103 Å². The van der Waals surface area contributed by atoms with Gasteiger partial charge in [-0.05, 0) is 18.0 Å². The van der Waals surface area contributed by atoms with Gasteiger partial charge in [0.05, 0.1) is 6.26 Å². The summed E-state index contributed by atoms with van der Waals surface area (Å²) < 4.78 is 18.6. The third kappa shape index (κ3) is 2.85. The lowest BCUT2D eigenvalue weighted by Gasteiger charge is -2.09. The van der Waals surface area contributed by atoms with Gasteiger partial charge in [0.25, 0.3) is 0 Å². The van der Waals surface area contributed by atoms with Crippen molar-refractivity contribution >= 4 is 28.5 Å². The topological polar surface area (TPSA) is 51.0 Å². The van der Waals surface area contributed by atoms with E-state index in [-0.39, 0.29) is 11.8 Å². The fraction of sp³-hybridized carbons (Fsp3) is 0.455. The van der Waals surface area contributed by atoms with E-state index in [1.165, 1.54) is 6.26 Å². The van der Waals surface area contributed by atoms with Gasteiger partial charge in [-0.2, -0.15) is 4.98 Å². The molecule has 0 amide bonds. The quantitative estimate of drug-likeness (QED) is 0.834. The van der Waals surface area contributed by atoms with Gasteiger partial charge in [0.2, 0.25) is 5.28 Å². The van der Waals surface area contributed by atoms with Gasteiger partial charge < -0.3 is 9.73 Å². The first-order valence-electron chi connectivity index (χ1n) is 5.49. The molecule has 0 bridgehead atoms. The number of alkyl halides is 1. The van der Waals surface area contributed by atoms with Crippen LogP contribution in [-0.4, -0.2) is 22.7 Å². The molecule has 0 aromatic carbocycles. The van der Waals surface area contributed by atoms with E-state index in [1.807, 2.05) is 6.92 Å². The highest BCUT2D eigenvalue weighted by Gasteiger charge is 2.11. The number of hydrogen-bond acceptors (Lipinski definition) is 4. The first kappa shape index (κ1) is 12.1. The molecule has 0 spiro atoms. The SMILES string of the molecule is CCCC(F)CNc1nc(Cl)nc2ccoc12. The maximum absolute atomic E-state index is 13.3. The molecule has 0 radical (unpaired) electrons. The molecule has 1 N–H and O–H groups in total. The van der Waals surface area contributed by atoms with Crippen molar-refractivity contribution in [2.24, 2.45) is 0 Å². The molecule has 0 fully saturated rings. The summed E-state index contributed by atoms with van der Waals surface area (Å²) in [5, 5.41) is 3.01. The van der Waals surface area contributed by atoms with Gasteiger partial charge in [0.1, 0.15) is 11.7 Å². The lowest BCUT2D eigenvalue weighted by molar-refractivity contribution is 0.327. The first-order valence-corrected chi connectivity index (χ1v) is 5.87. The van der Waals surface area contributed by atoms with E-state index in [4.69, 9.17) is 16.0 Å². The maximum Gasteiger partial charge on any atom is 0.225 e. The number of halogens is 2. The summed E-state index contributed by atoms with van der Waals surface area (Å²) in [5.41, 5.74) is 1.11. The van der Waals surface area contributed by atoms with Crippen molar-refractivity contribution in [3.8, 4) is 0 Å². The Kier molecular flexibility index (Phi) is 3.78. The second kappa shape index (κ2) is 5.31. The predicted octanol–water partition coefficient (Wildman–Crippen LogP) is 3.43. The number of fused-ring (bicyclic) bond motifs is 1. The summed E-state index contributed by atoms with van der Waals surface area (Å²) in [6, 6.07) is 1.69. The largest absolute Gasteiger partial charge is 0.459 e. The molecular weight excluding hydrogens is 245 g/mol. The van der Waals surface area contributed by atoms with E-state index in [9.17, 15) is 4.39 Å². The number of nitrogens with one attached hydrogen (secondary N) is 1. The zero-order chi connectivity index (χ0) is 12.3. The van der Waals surface area contributed by atoms with E-state index < -0.39 is 6.17 Å². The molecule has 4 nitrogen and oxygen atoms in total. The summed E-state index contributed by atoms with van der Waals surface area (Å²) >= 11 is 5.76. The van der Waals surface area contributed by atoms with Gasteiger partial charge in [0, 0.05) is 12.6 Å². The van der Waals surface area contributed by atoms with Gasteiger partial charge in [-0.1, -0.05) is 13.3 Å². The third-order valence-electron chi connectivity index (χ3n) is 2.37. The van der Waals surface area contributed by atoms with E-state index in [0.29, 0.717) is 23.3 Å². The number of anilines is 1. The van der Waals surface area contributed by atoms with E-state index in [2.05, 4.69) is 15.3 Å². The minimum atomic E-state index is -0.904. The van der Waals surface area contributed by atoms with Crippen LogP contribution in [0.4, 0.5) is 10.2 Å². The molecule has 2 rings (SSSR count). The van der Waals surface area contributed by atoms with E-state index in [1.54, 1.807) is 6.07 Å². The van der Waals surface area contributed by atoms with Crippen LogP contribution in [0.25, 0.3) is 11.1 Å². The average molecular weight is 258 g/mol. The standard InChI is InChI=1S/C11H13ClFN3O/c1-2-3-7(13)6-14-10-9-8(4-5-17-9)15-11(12)16-10/h4-5,7H,2-3,6H2,1H3,(H,14,15,16). The normalized spacial score (nSPS) is 12.9. The van der Waals surface area contributed by atoms with Crippen molar-refractivity contribution in [1.82, 2.24) is 9.97 Å². The van der Waals surface area contributed by atoms with Crippen LogP contribution in [0.5, 0.6) is 0 Å². The summed E-state index contributed by atoms with van der Waals surface area (Å²) in [4.78, 5) is 7.97. The first-order chi connectivity index (χ1) is 8.20. The molecule has 2 heterocycles. The zero-order valence-electron chi connectivity index (χ0n) is 9.41. The van der Waals surface area contributed by atoms with Crippen molar-refractivity contribution in [3.05, 3.63) is 17.6 Å². The van der Waals surface area contributed by atoms with Crippen molar-refractivity contribution in [2.45, 2.75) is 25.9 Å². The minimum absolute atomic E-state index is 0.118. The van der Waals surface area contributed by atoms with Crippen molar-refractivity contribution < 1.29 is 8.81 Å². The average Bonchev–Trinajstić information content (AvgIpc) is 2.74. The number of aromatic nitrogens is 2. The molecule has 2 aromatic rings. The van der Waals surface area contributed by atoms with Crippen LogP contribution < -0.4 is 5.32 Å². The third-order valence-corrected chi connectivity index (χ3v) is 2.54. The van der Waals surface area contributed by atoms with E-state index in [0.717, 1.165) is 6.42 Å². The molecular formula is C11H13ClFN3O. The minimum Gasteiger partial charge on any atom is -0.459 e. The zero-order valence-corrected chi connectivity index (χ0v) is 10.2. The fourth-order valence-electron chi connectivity index (χ4n) is 1.58. The smallest absolute Gasteiger partial charge is 0.225 e. The Balaban J connectivity index is 2.14. The Morgan fingerprint density at radius 2 is 2.35 bits per heavy atom. The molecule has 0 saturated carbocycles. The fourth-order valence-corrected chi connectivity index (χ4v) is 1.75. The highest BCUT2D eigenvalue weighted by atomic mass is 35.5. The second-order valence-corrected chi connectivity index (χ2v) is 4.08. The highest BCUT2D eigenvalue weighted by Crippen LogP contribution is 2.23. The lowest BCUT2D eigenvalue weighted by atomic mass is 10.2. The summed E-state index contributed by atoms with van der Waals surface area (Å²) in [6.45, 7) is 2.13. The van der Waals surface area contributed by atoms with Gasteiger partial charge >= 0.3 is 0 Å². The van der Waals surface area contributed by atoms with E-state index >= 15 is 0 Å². The van der Waals surface area contributed by atoms with Gasteiger partial charge in [-0.3, -0.25) is 0 Å². The molecule has 2 aromatic heterocycles. The molecule has 1 atom stereocenters. The molecule has 0 aliphatic rings. The second-order valence-electron chi connectivity index (χ2n) is 3.74. The number of furan rings is 1. The predicted molar refractivity (Wildman–Crippen MR) is 65.1 cm³/mol. The van der Waals surface area contributed by atoms with Crippen molar-refractivity contribution in [3.63, 3.8) is 0 Å². The highest BCUT2D eigenvalue weighted by molar-refractivity contribution is 6.28. The van der Waals surface area contributed by atoms with Crippen LogP contribution in [0, 0.1) is 0 Å². The van der Waals surface area contributed by atoms with Crippen molar-refractivity contribution in [1.29, 1.82) is 0 Å². The van der Waals surface area contributed by atoms with Gasteiger partial charge in [0.15, 0.2) is 11.4 Å². The van der Waals surface area contributed by atoms with Crippen LogP contribution in [0.15, 0.2) is 16.7 Å². The Morgan fingerprint density at radius 3 is 3.12 bits per heavy atom. The summed E-state index contributed by atoms with van der Waals surface area (Å²) in [5.74, 6) is 0.434. The van der Waals surface area contributed by atoms with Crippen LogP contribution in [0.2, 0.25) is 5.28 Å². The monoisotopic (exact) mass is 257 g/mol. The number of rotatable bonds is 5. The Hall–Kier alpha value is -1.36. The summed E-state index contributed by atoms with van der Waals surface area (Å²) in [6.07, 6.45) is 1.93. The number of hydrogen-bond donors (Lipinski definition) is 1. The lowest BCUT2D eigenvalue weighted by Crippen LogP contribution is -2.15. The number of nitrogens with zero attached hydrogens (tertiary/aromatic N) is 2. The van der Waals surface area contributed by atoms with Gasteiger partial charge in [-0.25, -0.2) is 9.37 Å². The molecule has 6 heteroatoms. The molecule has 17 heavy (non-hydrogen) atoms. The van der Waals surface area contributed by atoms with Gasteiger partial charge in [-0.15, -0.1) is 0 Å². The molecule has 1 unspecified atom stereocenters. The Bertz CT molecular complexity index is 502. The molecule has 0 aliphatic heterocycles. The molecule has 0 aliphatic carbocycles. The van der Waals surface area contributed by atoms with Crippen LogP contribution in [0.3, 0.4) is 0 Å². The molecule has 92 valence electrons. The molecule has 0 saturated heterocycles. The van der Waals surface area contributed by atoms with Crippen LogP contribution >= 0.6 is 11.6 Å². The van der Waals surface area contributed by atoms with Crippen LogP contribution in [-0.2, 0) is 0 Å².